The number of halogens is 1. The molecule has 0 atom stereocenters. The maximum absolute atomic E-state index is 14.0. The number of rotatable bonds is 4. The monoisotopic (exact) mass is 288 g/mol. The molecule has 1 amide bonds. The number of aliphatic hydroxyl groups is 1. The average Bonchev–Trinajstić information content (AvgIpc) is 2.45. The Hall–Kier alpha value is -2.40. The van der Waals surface area contributed by atoms with Gasteiger partial charge in [0.25, 0.3) is 5.91 Å². The molecule has 2 rings (SSSR count). The van der Waals surface area contributed by atoms with Crippen LogP contribution in [-0.2, 0) is 6.42 Å². The zero-order valence-electron chi connectivity index (χ0n) is 11.7. The van der Waals surface area contributed by atoms with Crippen molar-refractivity contribution in [1.29, 1.82) is 0 Å². The van der Waals surface area contributed by atoms with Crippen LogP contribution >= 0.6 is 0 Å². The first kappa shape index (κ1) is 15.0. The van der Waals surface area contributed by atoms with E-state index in [1.54, 1.807) is 31.2 Å². The first-order chi connectivity index (χ1) is 10.0. The van der Waals surface area contributed by atoms with Crippen molar-refractivity contribution in [1.82, 2.24) is 0 Å². The molecule has 0 aromatic heterocycles. The van der Waals surface area contributed by atoms with Crippen LogP contribution in [0.3, 0.4) is 0 Å². The molecule has 0 bridgehead atoms. The van der Waals surface area contributed by atoms with Gasteiger partial charge in [0, 0.05) is 18.0 Å². The third-order valence-corrected chi connectivity index (χ3v) is 3.13. The second-order valence-electron chi connectivity index (χ2n) is 4.82. The summed E-state index contributed by atoms with van der Waals surface area (Å²) in [6, 6.07) is 9.81. The molecule has 0 fully saturated rings. The number of aliphatic hydroxyl groups excluding tert-OH is 1. The average molecular weight is 288 g/mol. The minimum Gasteiger partial charge on any atom is -0.399 e. The van der Waals surface area contributed by atoms with E-state index in [9.17, 15) is 9.18 Å². The van der Waals surface area contributed by atoms with Crippen molar-refractivity contribution in [2.75, 3.05) is 17.7 Å². The van der Waals surface area contributed by atoms with E-state index in [0.717, 1.165) is 5.56 Å². The molecule has 0 heterocycles. The Bertz CT molecular complexity index is 654. The predicted octanol–water partition coefficient (Wildman–Crippen LogP) is 2.50. The van der Waals surface area contributed by atoms with Gasteiger partial charge in [0.05, 0.1) is 5.56 Å². The lowest BCUT2D eigenvalue weighted by Gasteiger charge is -2.09. The normalized spacial score (nSPS) is 10.4. The van der Waals surface area contributed by atoms with Crippen molar-refractivity contribution in [3.05, 3.63) is 58.9 Å². The highest BCUT2D eigenvalue weighted by Crippen LogP contribution is 2.19. The molecule has 5 heteroatoms. The zero-order valence-corrected chi connectivity index (χ0v) is 11.7. The lowest BCUT2D eigenvalue weighted by molar-refractivity contribution is 0.102. The van der Waals surface area contributed by atoms with E-state index in [0.29, 0.717) is 23.4 Å². The molecule has 2 aromatic rings. The maximum atomic E-state index is 14.0. The Labute approximate surface area is 122 Å². The molecule has 2 aromatic carbocycles. The van der Waals surface area contributed by atoms with Gasteiger partial charge in [-0.1, -0.05) is 12.1 Å². The summed E-state index contributed by atoms with van der Waals surface area (Å²) in [5.74, 6) is -1.11. The summed E-state index contributed by atoms with van der Waals surface area (Å²) in [5, 5.41) is 11.5. The molecule has 0 unspecified atom stereocenters. The Morgan fingerprint density at radius 2 is 1.95 bits per heavy atom. The number of nitrogen functional groups attached to an aromatic ring is 1. The third-order valence-electron chi connectivity index (χ3n) is 3.13. The van der Waals surface area contributed by atoms with Gasteiger partial charge in [-0.15, -0.1) is 0 Å². The summed E-state index contributed by atoms with van der Waals surface area (Å²) in [5.41, 5.74) is 7.76. The standard InChI is InChI=1S/C16H17FN2O2/c1-10-8-12(18)9-14(15(10)17)16(21)19-13-4-2-11(3-5-13)6-7-20/h2-5,8-9,20H,6-7,18H2,1H3,(H,19,21). The smallest absolute Gasteiger partial charge is 0.258 e. The van der Waals surface area contributed by atoms with Gasteiger partial charge in [0.2, 0.25) is 0 Å². The summed E-state index contributed by atoms with van der Waals surface area (Å²) < 4.78 is 14.0. The van der Waals surface area contributed by atoms with Crippen LogP contribution in [0.15, 0.2) is 36.4 Å². The molecular formula is C16H17FN2O2. The molecule has 0 saturated heterocycles. The van der Waals surface area contributed by atoms with E-state index in [4.69, 9.17) is 10.8 Å². The summed E-state index contributed by atoms with van der Waals surface area (Å²) in [6.45, 7) is 1.63. The van der Waals surface area contributed by atoms with Crippen LogP contribution in [0, 0.1) is 12.7 Å². The second-order valence-corrected chi connectivity index (χ2v) is 4.82. The number of aryl methyl sites for hydroxylation is 1. The molecule has 0 saturated carbocycles. The number of hydrogen-bond donors (Lipinski definition) is 3. The van der Waals surface area contributed by atoms with Gasteiger partial charge in [-0.2, -0.15) is 0 Å². The number of hydrogen-bond acceptors (Lipinski definition) is 3. The molecule has 0 aliphatic carbocycles. The SMILES string of the molecule is Cc1cc(N)cc(C(=O)Nc2ccc(CCO)cc2)c1F. The van der Waals surface area contributed by atoms with Gasteiger partial charge in [0.15, 0.2) is 0 Å². The number of carbonyl (C=O) groups excluding carboxylic acids is 1. The molecule has 4 nitrogen and oxygen atoms in total. The van der Waals surface area contributed by atoms with Gasteiger partial charge in [-0.3, -0.25) is 4.79 Å². The highest BCUT2D eigenvalue weighted by atomic mass is 19.1. The molecule has 0 aliphatic heterocycles. The van der Waals surface area contributed by atoms with Crippen molar-refractivity contribution in [2.45, 2.75) is 13.3 Å². The van der Waals surface area contributed by atoms with E-state index in [1.165, 1.54) is 12.1 Å². The van der Waals surface area contributed by atoms with Gasteiger partial charge >= 0.3 is 0 Å². The number of nitrogens with two attached hydrogens (primary N) is 1. The van der Waals surface area contributed by atoms with E-state index in [1.807, 2.05) is 0 Å². The number of anilines is 2. The fourth-order valence-corrected chi connectivity index (χ4v) is 2.04. The fourth-order valence-electron chi connectivity index (χ4n) is 2.04. The first-order valence-electron chi connectivity index (χ1n) is 6.58. The largest absolute Gasteiger partial charge is 0.399 e. The zero-order chi connectivity index (χ0) is 15.4. The highest BCUT2D eigenvalue weighted by Gasteiger charge is 2.14. The molecule has 21 heavy (non-hydrogen) atoms. The van der Waals surface area contributed by atoms with Crippen LogP contribution in [-0.4, -0.2) is 17.6 Å². The van der Waals surface area contributed by atoms with E-state index >= 15 is 0 Å². The van der Waals surface area contributed by atoms with Crippen molar-refractivity contribution in [3.8, 4) is 0 Å². The quantitative estimate of drug-likeness (QED) is 0.757. The third kappa shape index (κ3) is 3.58. The Morgan fingerprint density at radius 1 is 1.29 bits per heavy atom. The van der Waals surface area contributed by atoms with Crippen molar-refractivity contribution in [3.63, 3.8) is 0 Å². The highest BCUT2D eigenvalue weighted by molar-refractivity contribution is 6.05. The van der Waals surface area contributed by atoms with Gasteiger partial charge in [-0.25, -0.2) is 4.39 Å². The minimum absolute atomic E-state index is 0.0689. The molecule has 0 spiro atoms. The Balaban J connectivity index is 2.18. The minimum atomic E-state index is -0.571. The fraction of sp³-hybridized carbons (Fsp3) is 0.188. The van der Waals surface area contributed by atoms with Gasteiger partial charge in [-0.05, 0) is 48.7 Å². The second kappa shape index (κ2) is 6.37. The van der Waals surface area contributed by atoms with Crippen molar-refractivity contribution < 1.29 is 14.3 Å². The Morgan fingerprint density at radius 3 is 2.57 bits per heavy atom. The molecular weight excluding hydrogens is 271 g/mol. The van der Waals surface area contributed by atoms with Crippen LogP contribution in [0.2, 0.25) is 0 Å². The van der Waals surface area contributed by atoms with Crippen LogP contribution in [0.4, 0.5) is 15.8 Å². The summed E-state index contributed by atoms with van der Waals surface area (Å²) >= 11 is 0. The molecule has 110 valence electrons. The maximum Gasteiger partial charge on any atom is 0.258 e. The Kier molecular flexibility index (Phi) is 4.55. The summed E-state index contributed by atoms with van der Waals surface area (Å²) in [4.78, 5) is 12.1. The van der Waals surface area contributed by atoms with Crippen LogP contribution in [0.25, 0.3) is 0 Å². The van der Waals surface area contributed by atoms with E-state index in [-0.39, 0.29) is 12.2 Å². The van der Waals surface area contributed by atoms with E-state index < -0.39 is 11.7 Å². The lowest BCUT2D eigenvalue weighted by atomic mass is 10.1. The molecule has 4 N–H and O–H groups in total. The van der Waals surface area contributed by atoms with Gasteiger partial charge in [0.1, 0.15) is 5.82 Å². The van der Waals surface area contributed by atoms with Crippen LogP contribution in [0.5, 0.6) is 0 Å². The number of carbonyl (C=O) groups is 1. The first-order valence-corrected chi connectivity index (χ1v) is 6.58. The predicted molar refractivity (Wildman–Crippen MR) is 80.7 cm³/mol. The lowest BCUT2D eigenvalue weighted by Crippen LogP contribution is -2.15. The van der Waals surface area contributed by atoms with Crippen LogP contribution in [0.1, 0.15) is 21.5 Å². The number of amides is 1. The van der Waals surface area contributed by atoms with Gasteiger partial charge < -0.3 is 16.2 Å². The van der Waals surface area contributed by atoms with Crippen molar-refractivity contribution in [2.24, 2.45) is 0 Å². The van der Waals surface area contributed by atoms with Crippen LogP contribution < -0.4 is 11.1 Å². The number of benzene rings is 2. The number of nitrogens with one attached hydrogen (secondary N) is 1. The van der Waals surface area contributed by atoms with E-state index in [2.05, 4.69) is 5.32 Å². The topological polar surface area (TPSA) is 75.4 Å². The summed E-state index contributed by atoms with van der Waals surface area (Å²) in [7, 11) is 0. The summed E-state index contributed by atoms with van der Waals surface area (Å²) in [6.07, 6.45) is 0.553. The molecule has 0 radical (unpaired) electrons. The molecule has 0 aliphatic rings. The van der Waals surface area contributed by atoms with Crippen molar-refractivity contribution >= 4 is 17.3 Å².